The van der Waals surface area contributed by atoms with Crippen molar-refractivity contribution >= 4 is 17.3 Å². The fourth-order valence-corrected chi connectivity index (χ4v) is 1.30. The van der Waals surface area contributed by atoms with Crippen molar-refractivity contribution in [2.75, 3.05) is 13.6 Å². The molecule has 0 radical (unpaired) electrons. The molecule has 1 rings (SSSR count). The molecule has 0 aliphatic carbocycles. The van der Waals surface area contributed by atoms with Crippen molar-refractivity contribution in [1.82, 2.24) is 5.01 Å². The molecule has 0 aromatic heterocycles. The summed E-state index contributed by atoms with van der Waals surface area (Å²) in [6.45, 7) is -0.558. The summed E-state index contributed by atoms with van der Waals surface area (Å²) in [5.74, 6) is -1.24. The minimum Gasteiger partial charge on any atom is -0.480 e. The molecule has 0 aliphatic heterocycles. The van der Waals surface area contributed by atoms with Crippen molar-refractivity contribution < 1.29 is 28.0 Å². The first-order valence-corrected chi connectivity index (χ1v) is 5.31. The Hall–Kier alpha value is -2.72. The van der Waals surface area contributed by atoms with Gasteiger partial charge in [0.1, 0.15) is 12.2 Å². The van der Waals surface area contributed by atoms with Crippen molar-refractivity contribution in [3.63, 3.8) is 0 Å². The zero-order chi connectivity index (χ0) is 16.2. The Balaban J connectivity index is 3.15. The molecule has 0 spiro atoms. The topological polar surface area (TPSA) is 108 Å². The van der Waals surface area contributed by atoms with Crippen LogP contribution in [0.4, 0.5) is 24.5 Å². The number of hydrogen-bond acceptors (Lipinski definition) is 5. The van der Waals surface area contributed by atoms with E-state index in [4.69, 9.17) is 5.11 Å². The van der Waals surface area contributed by atoms with Crippen LogP contribution < -0.4 is 0 Å². The third-order valence-electron chi connectivity index (χ3n) is 2.17. The van der Waals surface area contributed by atoms with E-state index in [1.165, 1.54) is 7.05 Å². The molecule has 0 saturated carbocycles. The first kappa shape index (κ1) is 16.3. The predicted octanol–water partition coefficient (Wildman–Crippen LogP) is 2.63. The number of rotatable bonds is 5. The number of benzene rings is 1. The van der Waals surface area contributed by atoms with E-state index < -0.39 is 40.6 Å². The summed E-state index contributed by atoms with van der Waals surface area (Å²) >= 11 is 0. The highest BCUT2D eigenvalue weighted by Crippen LogP contribution is 2.38. The maximum Gasteiger partial charge on any atom is 0.418 e. The number of carboxylic acid groups (broad SMARTS) is 1. The largest absolute Gasteiger partial charge is 0.480 e. The molecule has 0 heterocycles. The minimum absolute atomic E-state index is 0.339. The number of halogens is 3. The molecule has 0 unspecified atom stereocenters. The van der Waals surface area contributed by atoms with Crippen LogP contribution in [0.5, 0.6) is 0 Å². The van der Waals surface area contributed by atoms with E-state index >= 15 is 0 Å². The third kappa shape index (κ3) is 4.71. The van der Waals surface area contributed by atoms with E-state index in [2.05, 4.69) is 10.3 Å². The lowest BCUT2D eigenvalue weighted by Crippen LogP contribution is -2.19. The Morgan fingerprint density at radius 1 is 1.48 bits per heavy atom. The third-order valence-corrected chi connectivity index (χ3v) is 2.17. The van der Waals surface area contributed by atoms with Crippen LogP contribution >= 0.6 is 0 Å². The Morgan fingerprint density at radius 3 is 2.57 bits per heavy atom. The van der Waals surface area contributed by atoms with Crippen LogP contribution in [0.1, 0.15) is 5.56 Å². The monoisotopic (exact) mass is 306 g/mol. The van der Waals surface area contributed by atoms with Crippen molar-refractivity contribution in [3.05, 3.63) is 33.9 Å². The molecule has 114 valence electrons. The van der Waals surface area contributed by atoms with Gasteiger partial charge in [0.05, 0.1) is 10.5 Å². The first-order chi connectivity index (χ1) is 9.61. The minimum atomic E-state index is -4.86. The molecular weight excluding hydrogens is 297 g/mol. The number of hydrogen-bond donors (Lipinski definition) is 1. The lowest BCUT2D eigenvalue weighted by molar-refractivity contribution is -0.385. The fourth-order valence-electron chi connectivity index (χ4n) is 1.30. The number of carbonyl (C=O) groups is 1. The van der Waals surface area contributed by atoms with E-state index in [9.17, 15) is 28.1 Å². The van der Waals surface area contributed by atoms with Gasteiger partial charge in [-0.15, -0.1) is 5.11 Å². The van der Waals surface area contributed by atoms with E-state index in [-0.39, 0.29) is 0 Å². The quantitative estimate of drug-likeness (QED) is 0.511. The van der Waals surface area contributed by atoms with Crippen LogP contribution in [0.2, 0.25) is 0 Å². The van der Waals surface area contributed by atoms with Crippen molar-refractivity contribution in [3.8, 4) is 0 Å². The Morgan fingerprint density at radius 2 is 2.10 bits per heavy atom. The number of carboxylic acids is 1. The lowest BCUT2D eigenvalue weighted by Gasteiger charge is -2.10. The van der Waals surface area contributed by atoms with Gasteiger partial charge in [-0.05, 0) is 6.07 Å². The summed E-state index contributed by atoms with van der Waals surface area (Å²) in [5, 5.41) is 26.3. The number of alkyl halides is 3. The Bertz CT molecular complexity index is 588. The number of aliphatic carboxylic acids is 1. The van der Waals surface area contributed by atoms with Crippen LogP contribution in [0.15, 0.2) is 28.5 Å². The van der Waals surface area contributed by atoms with E-state index in [0.29, 0.717) is 6.07 Å². The number of non-ortho nitro benzene ring substituents is 1. The fraction of sp³-hybridized carbons (Fsp3) is 0.300. The van der Waals surface area contributed by atoms with Gasteiger partial charge in [-0.3, -0.25) is 19.9 Å². The molecule has 8 nitrogen and oxygen atoms in total. The number of likely N-dealkylation sites (N-methyl/N-ethyl adjacent to an activating group) is 1. The molecular formula is C10H9F3N4O4. The predicted molar refractivity (Wildman–Crippen MR) is 62.9 cm³/mol. The van der Waals surface area contributed by atoms with E-state index in [1.807, 2.05) is 0 Å². The highest BCUT2D eigenvalue weighted by atomic mass is 19.4. The van der Waals surface area contributed by atoms with Gasteiger partial charge in [-0.25, -0.2) is 0 Å². The first-order valence-electron chi connectivity index (χ1n) is 5.31. The standard InChI is InChI=1S/C10H9F3N4O4/c1-16(5-9(18)19)15-14-8-3-2-6(17(20)21)4-7(8)10(11,12)13/h2-4H,5H2,1H3,(H,18,19)/b15-14+. The van der Waals surface area contributed by atoms with Crippen molar-refractivity contribution in [2.24, 2.45) is 10.3 Å². The second-order valence-electron chi connectivity index (χ2n) is 3.86. The van der Waals surface area contributed by atoms with Gasteiger partial charge < -0.3 is 5.11 Å². The van der Waals surface area contributed by atoms with Crippen LogP contribution in [0.3, 0.4) is 0 Å². The highest BCUT2D eigenvalue weighted by Gasteiger charge is 2.35. The molecule has 1 aromatic carbocycles. The number of nitro groups is 1. The van der Waals surface area contributed by atoms with Gasteiger partial charge in [-0.2, -0.15) is 13.2 Å². The van der Waals surface area contributed by atoms with Gasteiger partial charge in [0.2, 0.25) is 0 Å². The van der Waals surface area contributed by atoms with Gasteiger partial charge >= 0.3 is 12.1 Å². The summed E-state index contributed by atoms with van der Waals surface area (Å²) in [6, 6.07) is 1.98. The van der Waals surface area contributed by atoms with Crippen molar-refractivity contribution in [1.29, 1.82) is 0 Å². The molecule has 0 amide bonds. The summed E-state index contributed by atoms with van der Waals surface area (Å²) in [7, 11) is 1.20. The average Bonchev–Trinajstić information content (AvgIpc) is 2.34. The maximum atomic E-state index is 12.8. The van der Waals surface area contributed by atoms with Crippen LogP contribution in [0.25, 0.3) is 0 Å². The second kappa shape index (κ2) is 6.15. The lowest BCUT2D eigenvalue weighted by atomic mass is 10.1. The SMILES string of the molecule is CN(CC(=O)O)/N=N/c1ccc([N+](=O)[O-])cc1C(F)(F)F. The molecule has 0 saturated heterocycles. The van der Waals surface area contributed by atoms with Gasteiger partial charge in [0.15, 0.2) is 0 Å². The summed E-state index contributed by atoms with van der Waals surface area (Å²) in [4.78, 5) is 19.9. The summed E-state index contributed by atoms with van der Waals surface area (Å²) in [6.07, 6.45) is -4.86. The Labute approximate surface area is 115 Å². The van der Waals surface area contributed by atoms with Gasteiger partial charge in [-0.1, -0.05) is 5.22 Å². The van der Waals surface area contributed by atoms with E-state index in [0.717, 1.165) is 17.1 Å². The van der Waals surface area contributed by atoms with Crippen LogP contribution in [-0.2, 0) is 11.0 Å². The smallest absolute Gasteiger partial charge is 0.418 e. The molecule has 21 heavy (non-hydrogen) atoms. The molecule has 1 aromatic rings. The van der Waals surface area contributed by atoms with Crippen molar-refractivity contribution in [2.45, 2.75) is 6.18 Å². The molecule has 11 heteroatoms. The molecule has 1 N–H and O–H groups in total. The van der Waals surface area contributed by atoms with Crippen LogP contribution in [0, 0.1) is 10.1 Å². The van der Waals surface area contributed by atoms with E-state index in [1.54, 1.807) is 0 Å². The summed E-state index contributed by atoms with van der Waals surface area (Å²) in [5.41, 5.74) is -2.71. The zero-order valence-electron chi connectivity index (χ0n) is 10.5. The number of nitro benzene ring substituents is 1. The highest BCUT2D eigenvalue weighted by molar-refractivity contribution is 5.68. The average molecular weight is 306 g/mol. The zero-order valence-corrected chi connectivity index (χ0v) is 10.5. The maximum absolute atomic E-state index is 12.8. The van der Waals surface area contributed by atoms with Gasteiger partial charge in [0, 0.05) is 19.2 Å². The normalized spacial score (nSPS) is 11.6. The van der Waals surface area contributed by atoms with Crippen LogP contribution in [-0.4, -0.2) is 34.6 Å². The second-order valence-corrected chi connectivity index (χ2v) is 3.86. The molecule has 0 fully saturated rings. The molecule has 0 atom stereocenters. The van der Waals surface area contributed by atoms with Gasteiger partial charge in [0.25, 0.3) is 5.69 Å². The molecule has 0 aliphatic rings. The summed E-state index contributed by atoms with van der Waals surface area (Å²) < 4.78 is 38.4. The molecule has 0 bridgehead atoms. The number of nitrogens with zero attached hydrogens (tertiary/aromatic N) is 4. The Kier molecular flexibility index (Phi) is 4.79.